The van der Waals surface area contributed by atoms with E-state index < -0.39 is 5.97 Å². The molecule has 0 amide bonds. The Morgan fingerprint density at radius 3 is 2.08 bits per heavy atom. The van der Waals surface area contributed by atoms with E-state index in [0.717, 1.165) is 24.2 Å². The molecule has 1 N–H and O–H groups in total. The quantitative estimate of drug-likeness (QED) is 0.170. The molecule has 0 aliphatic heterocycles. The van der Waals surface area contributed by atoms with Crippen molar-refractivity contribution in [2.24, 2.45) is 0 Å². The molecule has 0 spiro atoms. The largest absolute Gasteiger partial charge is 0.494 e. The summed E-state index contributed by atoms with van der Waals surface area (Å²) in [5.41, 5.74) is 0.924. The minimum absolute atomic E-state index is 0.0341. The van der Waals surface area contributed by atoms with Gasteiger partial charge in [-0.15, -0.1) is 0 Å². The van der Waals surface area contributed by atoms with Crippen molar-refractivity contribution in [3.05, 3.63) is 94.5 Å². The van der Waals surface area contributed by atoms with E-state index in [4.69, 9.17) is 36.2 Å². The number of hydrogen-bond acceptors (Lipinski definition) is 6. The van der Waals surface area contributed by atoms with Crippen molar-refractivity contribution in [2.75, 3.05) is 19.8 Å². The van der Waals surface area contributed by atoms with Crippen LogP contribution in [0.15, 0.2) is 72.8 Å². The standard InChI is InChI=1S/C28H24ClNO6/c29-22-7-11-24(12-8-22)35-17-2-1-16-34-23-9-3-20(4-10-23)5-14-26(31)25-13-6-21(28(32)33)19-27(25)36-18-15-30/h3-14,19H,1-2,16-18H2,(H,32,33)/b14-5+. The lowest BCUT2D eigenvalue weighted by atomic mass is 10.1. The van der Waals surface area contributed by atoms with E-state index in [1.165, 1.54) is 24.3 Å². The number of carbonyl (C=O) groups is 2. The molecule has 3 aromatic carbocycles. The van der Waals surface area contributed by atoms with Gasteiger partial charge in [0.05, 0.1) is 24.3 Å². The predicted molar refractivity (Wildman–Crippen MR) is 136 cm³/mol. The molecule has 3 aromatic rings. The van der Waals surface area contributed by atoms with Gasteiger partial charge in [-0.25, -0.2) is 4.79 Å². The third-order valence-corrected chi connectivity index (χ3v) is 5.24. The van der Waals surface area contributed by atoms with Crippen LogP contribution in [0.4, 0.5) is 0 Å². The van der Waals surface area contributed by atoms with Crippen molar-refractivity contribution in [2.45, 2.75) is 12.8 Å². The van der Waals surface area contributed by atoms with Gasteiger partial charge in [0.1, 0.15) is 23.3 Å². The molecule has 7 nitrogen and oxygen atoms in total. The van der Waals surface area contributed by atoms with Crippen molar-refractivity contribution < 1.29 is 28.9 Å². The Labute approximate surface area is 214 Å². The van der Waals surface area contributed by atoms with Gasteiger partial charge >= 0.3 is 5.97 Å². The number of rotatable bonds is 13. The molecule has 0 bridgehead atoms. The van der Waals surface area contributed by atoms with Crippen molar-refractivity contribution in [1.82, 2.24) is 0 Å². The fourth-order valence-corrected chi connectivity index (χ4v) is 3.27. The van der Waals surface area contributed by atoms with E-state index in [9.17, 15) is 9.59 Å². The Morgan fingerprint density at radius 2 is 1.50 bits per heavy atom. The van der Waals surface area contributed by atoms with Crippen LogP contribution in [-0.4, -0.2) is 36.7 Å². The van der Waals surface area contributed by atoms with Gasteiger partial charge in [0, 0.05) is 5.02 Å². The average Bonchev–Trinajstić information content (AvgIpc) is 2.89. The number of unbranched alkanes of at least 4 members (excludes halogenated alkanes) is 1. The lowest BCUT2D eigenvalue weighted by Crippen LogP contribution is -2.05. The monoisotopic (exact) mass is 505 g/mol. The first-order valence-electron chi connectivity index (χ1n) is 11.2. The zero-order chi connectivity index (χ0) is 25.8. The van der Waals surface area contributed by atoms with E-state index in [1.807, 2.05) is 36.4 Å². The number of benzene rings is 3. The second kappa shape index (κ2) is 13.6. The number of aromatic carboxylic acids is 1. The van der Waals surface area contributed by atoms with Gasteiger partial charge in [-0.3, -0.25) is 4.79 Å². The van der Waals surface area contributed by atoms with Crippen molar-refractivity contribution in [3.63, 3.8) is 0 Å². The summed E-state index contributed by atoms with van der Waals surface area (Å²) in [5.74, 6) is 0.0218. The summed E-state index contributed by atoms with van der Waals surface area (Å²) in [5, 5.41) is 18.6. The van der Waals surface area contributed by atoms with Gasteiger partial charge in [-0.1, -0.05) is 29.8 Å². The Morgan fingerprint density at radius 1 is 0.889 bits per heavy atom. The summed E-state index contributed by atoms with van der Waals surface area (Å²) < 4.78 is 16.7. The highest BCUT2D eigenvalue weighted by atomic mass is 35.5. The molecule has 3 rings (SSSR count). The number of hydrogen-bond donors (Lipinski definition) is 1. The first-order chi connectivity index (χ1) is 17.5. The molecular formula is C28H24ClNO6. The zero-order valence-corrected chi connectivity index (χ0v) is 20.1. The number of allylic oxidation sites excluding steroid dienone is 1. The van der Waals surface area contributed by atoms with Gasteiger partial charge in [0.15, 0.2) is 12.4 Å². The highest BCUT2D eigenvalue weighted by Crippen LogP contribution is 2.23. The predicted octanol–water partition coefficient (Wildman–Crippen LogP) is 6.07. The lowest BCUT2D eigenvalue weighted by molar-refractivity contribution is 0.0696. The highest BCUT2D eigenvalue weighted by molar-refractivity contribution is 6.30. The fourth-order valence-electron chi connectivity index (χ4n) is 3.14. The number of nitriles is 1. The number of carboxylic acid groups (broad SMARTS) is 1. The van der Waals surface area contributed by atoms with E-state index in [0.29, 0.717) is 24.0 Å². The number of halogens is 1. The fraction of sp³-hybridized carbons (Fsp3) is 0.179. The molecule has 0 saturated carbocycles. The van der Waals surface area contributed by atoms with Crippen LogP contribution in [-0.2, 0) is 0 Å². The van der Waals surface area contributed by atoms with Crippen molar-refractivity contribution in [1.29, 1.82) is 5.26 Å². The Bertz CT molecular complexity index is 1250. The second-order valence-corrected chi connectivity index (χ2v) is 8.02. The SMILES string of the molecule is N#CCOc1cc(C(=O)O)ccc1C(=O)/C=C/c1ccc(OCCCCOc2ccc(Cl)cc2)cc1. The lowest BCUT2D eigenvalue weighted by Gasteiger charge is -2.08. The van der Waals surface area contributed by atoms with E-state index in [2.05, 4.69) is 0 Å². The van der Waals surface area contributed by atoms with E-state index >= 15 is 0 Å². The summed E-state index contributed by atoms with van der Waals surface area (Å²) in [6, 6.07) is 20.3. The van der Waals surface area contributed by atoms with Gasteiger partial charge in [0.2, 0.25) is 0 Å². The van der Waals surface area contributed by atoms with Crippen LogP contribution in [0.1, 0.15) is 39.1 Å². The number of ketones is 1. The normalized spacial score (nSPS) is 10.6. The molecule has 0 aliphatic carbocycles. The van der Waals surface area contributed by atoms with Crippen LogP contribution in [0.3, 0.4) is 0 Å². The molecule has 0 atom stereocenters. The van der Waals surface area contributed by atoms with E-state index in [1.54, 1.807) is 24.3 Å². The van der Waals surface area contributed by atoms with Crippen molar-refractivity contribution >= 4 is 29.4 Å². The summed E-state index contributed by atoms with van der Waals surface area (Å²) in [6.07, 6.45) is 4.69. The topological polar surface area (TPSA) is 106 Å². The average molecular weight is 506 g/mol. The number of carboxylic acids is 1. The third-order valence-electron chi connectivity index (χ3n) is 4.98. The second-order valence-electron chi connectivity index (χ2n) is 7.59. The first-order valence-corrected chi connectivity index (χ1v) is 11.5. The molecule has 0 radical (unpaired) electrons. The van der Waals surface area contributed by atoms with Crippen LogP contribution in [0, 0.1) is 11.3 Å². The van der Waals surface area contributed by atoms with Gasteiger partial charge in [0.25, 0.3) is 0 Å². The van der Waals surface area contributed by atoms with Gasteiger partial charge in [-0.2, -0.15) is 5.26 Å². The molecule has 0 heterocycles. The molecule has 184 valence electrons. The third kappa shape index (κ3) is 8.19. The molecule has 0 unspecified atom stereocenters. The number of carbonyl (C=O) groups excluding carboxylic acids is 1. The maximum Gasteiger partial charge on any atom is 0.335 e. The molecule has 0 aliphatic rings. The Kier molecular flexibility index (Phi) is 9.92. The van der Waals surface area contributed by atoms with Gasteiger partial charge in [-0.05, 0) is 79.1 Å². The summed E-state index contributed by atoms with van der Waals surface area (Å²) in [6.45, 7) is 0.838. The van der Waals surface area contributed by atoms with Crippen molar-refractivity contribution in [3.8, 4) is 23.3 Å². The van der Waals surface area contributed by atoms with Crippen LogP contribution in [0.5, 0.6) is 17.2 Å². The Hall–Kier alpha value is -4.28. The summed E-state index contributed by atoms with van der Waals surface area (Å²) in [7, 11) is 0. The minimum atomic E-state index is -1.15. The molecule has 36 heavy (non-hydrogen) atoms. The van der Waals surface area contributed by atoms with Crippen LogP contribution in [0.2, 0.25) is 5.02 Å². The van der Waals surface area contributed by atoms with Gasteiger partial charge < -0.3 is 19.3 Å². The van der Waals surface area contributed by atoms with Crippen LogP contribution in [0.25, 0.3) is 6.08 Å². The first kappa shape index (κ1) is 26.3. The van der Waals surface area contributed by atoms with Crippen LogP contribution < -0.4 is 14.2 Å². The Balaban J connectivity index is 1.47. The van der Waals surface area contributed by atoms with E-state index in [-0.39, 0.29) is 29.3 Å². The van der Waals surface area contributed by atoms with Crippen LogP contribution >= 0.6 is 11.6 Å². The molecule has 0 fully saturated rings. The number of nitrogens with zero attached hydrogens (tertiary/aromatic N) is 1. The molecule has 8 heteroatoms. The number of ether oxygens (including phenoxy) is 3. The maximum absolute atomic E-state index is 12.6. The highest BCUT2D eigenvalue weighted by Gasteiger charge is 2.14. The molecule has 0 saturated heterocycles. The molecular weight excluding hydrogens is 482 g/mol. The maximum atomic E-state index is 12.6. The summed E-state index contributed by atoms with van der Waals surface area (Å²) >= 11 is 5.85. The smallest absolute Gasteiger partial charge is 0.335 e. The zero-order valence-electron chi connectivity index (χ0n) is 19.4. The summed E-state index contributed by atoms with van der Waals surface area (Å²) in [4.78, 5) is 23.8. The minimum Gasteiger partial charge on any atom is -0.494 e. The molecule has 0 aromatic heterocycles.